The van der Waals surface area contributed by atoms with Crippen LogP contribution in [0.5, 0.6) is 0 Å². The van der Waals surface area contributed by atoms with Crippen molar-refractivity contribution in [2.75, 3.05) is 0 Å². The molecule has 3 aromatic rings. The number of rotatable bonds is 3. The summed E-state index contributed by atoms with van der Waals surface area (Å²) in [4.78, 5) is 12.0. The summed E-state index contributed by atoms with van der Waals surface area (Å²) in [7, 11) is 0. The number of aryl methyl sites for hydroxylation is 2. The van der Waals surface area contributed by atoms with Gasteiger partial charge in [-0.05, 0) is 32.0 Å². The first-order valence-corrected chi connectivity index (χ1v) is 8.06. The SMILES string of the molecule is Cc1cc(C)nc(Cn2cc(C(F)(F)F)nc2-c2ccc(C(F)(F)F)cc2)n1. The van der Waals surface area contributed by atoms with E-state index in [0.29, 0.717) is 11.4 Å². The van der Waals surface area contributed by atoms with Gasteiger partial charge in [-0.15, -0.1) is 0 Å². The first-order valence-electron chi connectivity index (χ1n) is 8.06. The third kappa shape index (κ3) is 4.32. The summed E-state index contributed by atoms with van der Waals surface area (Å²) in [5.41, 5.74) is -0.632. The Kier molecular flexibility index (Phi) is 4.90. The van der Waals surface area contributed by atoms with Gasteiger partial charge in [-0.2, -0.15) is 26.3 Å². The van der Waals surface area contributed by atoms with Crippen LogP contribution in [0.4, 0.5) is 26.3 Å². The van der Waals surface area contributed by atoms with E-state index in [2.05, 4.69) is 15.0 Å². The molecule has 0 spiro atoms. The van der Waals surface area contributed by atoms with Crippen LogP contribution in [0.3, 0.4) is 0 Å². The minimum Gasteiger partial charge on any atom is -0.323 e. The van der Waals surface area contributed by atoms with Crippen molar-refractivity contribution in [2.24, 2.45) is 0 Å². The van der Waals surface area contributed by atoms with Crippen LogP contribution in [-0.4, -0.2) is 19.5 Å². The number of benzene rings is 1. The monoisotopic (exact) mass is 400 g/mol. The molecule has 0 saturated heterocycles. The highest BCUT2D eigenvalue weighted by Crippen LogP contribution is 2.33. The van der Waals surface area contributed by atoms with Gasteiger partial charge in [0.25, 0.3) is 0 Å². The molecule has 0 aliphatic carbocycles. The summed E-state index contributed by atoms with van der Waals surface area (Å²) in [6, 6.07) is 5.49. The molecule has 0 saturated carbocycles. The molecule has 0 bridgehead atoms. The van der Waals surface area contributed by atoms with E-state index < -0.39 is 23.6 Å². The van der Waals surface area contributed by atoms with Gasteiger partial charge in [0.1, 0.15) is 11.6 Å². The van der Waals surface area contributed by atoms with Gasteiger partial charge in [0.15, 0.2) is 5.69 Å². The Balaban J connectivity index is 2.05. The molecule has 2 aromatic heterocycles. The lowest BCUT2D eigenvalue weighted by Gasteiger charge is -2.10. The van der Waals surface area contributed by atoms with Crippen molar-refractivity contribution in [2.45, 2.75) is 32.7 Å². The molecule has 4 nitrogen and oxygen atoms in total. The number of halogens is 6. The molecule has 148 valence electrons. The van der Waals surface area contributed by atoms with Gasteiger partial charge in [-0.1, -0.05) is 12.1 Å². The maximum absolute atomic E-state index is 13.1. The third-order valence-electron chi connectivity index (χ3n) is 3.88. The van der Waals surface area contributed by atoms with Gasteiger partial charge in [0.05, 0.1) is 12.1 Å². The predicted molar refractivity (Wildman–Crippen MR) is 88.3 cm³/mol. The minimum atomic E-state index is -4.70. The highest BCUT2D eigenvalue weighted by Gasteiger charge is 2.35. The standard InChI is InChI=1S/C18H14F6N4/c1-10-7-11(2)26-15(25-10)9-28-8-14(18(22,23)24)27-16(28)12-3-5-13(6-4-12)17(19,20)21/h3-8H,9H2,1-2H3. The average molecular weight is 400 g/mol. The van der Waals surface area contributed by atoms with Crippen LogP contribution < -0.4 is 0 Å². The van der Waals surface area contributed by atoms with E-state index in [1.165, 1.54) is 4.57 Å². The minimum absolute atomic E-state index is 0.109. The fourth-order valence-electron chi connectivity index (χ4n) is 2.73. The molecular weight excluding hydrogens is 386 g/mol. The average Bonchev–Trinajstić information content (AvgIpc) is 2.97. The lowest BCUT2D eigenvalue weighted by Crippen LogP contribution is -2.08. The number of alkyl halides is 6. The Hall–Kier alpha value is -2.91. The molecule has 0 aliphatic heterocycles. The topological polar surface area (TPSA) is 43.6 Å². The Labute approximate surface area is 155 Å². The van der Waals surface area contributed by atoms with E-state index in [-0.39, 0.29) is 23.8 Å². The van der Waals surface area contributed by atoms with Crippen LogP contribution in [0.1, 0.15) is 28.5 Å². The van der Waals surface area contributed by atoms with Crippen molar-refractivity contribution in [1.29, 1.82) is 0 Å². The van der Waals surface area contributed by atoms with E-state index in [1.54, 1.807) is 19.9 Å². The maximum Gasteiger partial charge on any atom is 0.434 e. The summed E-state index contributed by atoms with van der Waals surface area (Å²) in [6.45, 7) is 3.34. The number of nitrogens with zero attached hydrogens (tertiary/aromatic N) is 4. The molecule has 0 amide bonds. The Bertz CT molecular complexity index is 967. The quantitative estimate of drug-likeness (QED) is 0.579. The zero-order valence-corrected chi connectivity index (χ0v) is 14.7. The van der Waals surface area contributed by atoms with Gasteiger partial charge in [-0.3, -0.25) is 0 Å². The van der Waals surface area contributed by atoms with Gasteiger partial charge < -0.3 is 4.57 Å². The zero-order chi connectivity index (χ0) is 20.7. The van der Waals surface area contributed by atoms with Gasteiger partial charge in [0.2, 0.25) is 0 Å². The van der Waals surface area contributed by atoms with Crippen LogP contribution in [0.15, 0.2) is 36.5 Å². The Morgan fingerprint density at radius 2 is 1.39 bits per heavy atom. The molecule has 0 unspecified atom stereocenters. The molecule has 10 heteroatoms. The molecule has 0 aliphatic rings. The van der Waals surface area contributed by atoms with Gasteiger partial charge >= 0.3 is 12.4 Å². The summed E-state index contributed by atoms with van der Waals surface area (Å²) >= 11 is 0. The van der Waals surface area contributed by atoms with Crippen LogP contribution in [0.2, 0.25) is 0 Å². The van der Waals surface area contributed by atoms with Crippen molar-refractivity contribution >= 4 is 0 Å². The molecule has 0 radical (unpaired) electrons. The second kappa shape index (κ2) is 6.92. The summed E-state index contributed by atoms with van der Waals surface area (Å²) in [6.07, 6.45) is -8.44. The Morgan fingerprint density at radius 1 is 0.821 bits per heavy atom. The van der Waals surface area contributed by atoms with E-state index >= 15 is 0 Å². The first-order chi connectivity index (χ1) is 12.9. The molecule has 0 fully saturated rings. The number of imidazole rings is 1. The smallest absolute Gasteiger partial charge is 0.323 e. The Morgan fingerprint density at radius 3 is 1.89 bits per heavy atom. The van der Waals surface area contributed by atoms with Crippen LogP contribution >= 0.6 is 0 Å². The summed E-state index contributed by atoms with van der Waals surface area (Å²) in [5.74, 6) is 0.153. The number of aromatic nitrogens is 4. The zero-order valence-electron chi connectivity index (χ0n) is 14.7. The van der Waals surface area contributed by atoms with Crippen molar-refractivity contribution < 1.29 is 26.3 Å². The molecule has 1 aromatic carbocycles. The highest BCUT2D eigenvalue weighted by molar-refractivity contribution is 5.57. The lowest BCUT2D eigenvalue weighted by atomic mass is 10.1. The maximum atomic E-state index is 13.1. The molecule has 3 rings (SSSR count). The summed E-state index contributed by atoms with van der Waals surface area (Å²) < 4.78 is 78.8. The van der Waals surface area contributed by atoms with Crippen molar-refractivity contribution in [3.05, 3.63) is 65.0 Å². The first kappa shape index (κ1) is 19.8. The van der Waals surface area contributed by atoms with Crippen molar-refractivity contribution in [3.63, 3.8) is 0 Å². The third-order valence-corrected chi connectivity index (χ3v) is 3.88. The van der Waals surface area contributed by atoms with Gasteiger partial charge in [-0.25, -0.2) is 15.0 Å². The van der Waals surface area contributed by atoms with E-state index in [1.807, 2.05) is 0 Å². The lowest BCUT2D eigenvalue weighted by molar-refractivity contribution is -0.141. The second-order valence-corrected chi connectivity index (χ2v) is 6.22. The molecule has 0 atom stereocenters. The normalized spacial score (nSPS) is 12.4. The van der Waals surface area contributed by atoms with E-state index in [9.17, 15) is 26.3 Å². The largest absolute Gasteiger partial charge is 0.434 e. The number of hydrogen-bond acceptors (Lipinski definition) is 3. The van der Waals surface area contributed by atoms with Crippen molar-refractivity contribution in [1.82, 2.24) is 19.5 Å². The van der Waals surface area contributed by atoms with Crippen LogP contribution in [0.25, 0.3) is 11.4 Å². The van der Waals surface area contributed by atoms with Gasteiger partial charge in [0, 0.05) is 23.1 Å². The van der Waals surface area contributed by atoms with Crippen molar-refractivity contribution in [3.8, 4) is 11.4 Å². The number of hydrogen-bond donors (Lipinski definition) is 0. The van der Waals surface area contributed by atoms with E-state index in [4.69, 9.17) is 0 Å². The van der Waals surface area contributed by atoms with Crippen LogP contribution in [-0.2, 0) is 18.9 Å². The highest BCUT2D eigenvalue weighted by atomic mass is 19.4. The molecule has 0 N–H and O–H groups in total. The van der Waals surface area contributed by atoms with Crippen LogP contribution in [0, 0.1) is 13.8 Å². The predicted octanol–water partition coefficient (Wildman–Crippen LogP) is 5.04. The second-order valence-electron chi connectivity index (χ2n) is 6.22. The van der Waals surface area contributed by atoms with E-state index in [0.717, 1.165) is 30.5 Å². The molecule has 28 heavy (non-hydrogen) atoms. The molecule has 2 heterocycles. The fourth-order valence-corrected chi connectivity index (χ4v) is 2.73. The fraction of sp³-hybridized carbons (Fsp3) is 0.278. The molecular formula is C18H14F6N4. The summed E-state index contributed by atoms with van der Waals surface area (Å²) in [5, 5.41) is 0.